The van der Waals surface area contributed by atoms with Gasteiger partial charge in [-0.3, -0.25) is 4.79 Å². The van der Waals surface area contributed by atoms with Crippen LogP contribution < -0.4 is 5.32 Å². The summed E-state index contributed by atoms with van der Waals surface area (Å²) in [5.41, 5.74) is 1.86. The average molecular weight is 324 g/mol. The van der Waals surface area contributed by atoms with E-state index in [1.165, 1.54) is 4.68 Å². The van der Waals surface area contributed by atoms with E-state index < -0.39 is 0 Å². The molecule has 24 heavy (non-hydrogen) atoms. The van der Waals surface area contributed by atoms with Crippen molar-refractivity contribution in [3.63, 3.8) is 0 Å². The number of tetrazole rings is 1. The van der Waals surface area contributed by atoms with Gasteiger partial charge in [0, 0.05) is 17.5 Å². The highest BCUT2D eigenvalue weighted by Crippen LogP contribution is 2.27. The zero-order valence-corrected chi connectivity index (χ0v) is 13.0. The molecule has 0 aliphatic heterocycles. The fourth-order valence-electron chi connectivity index (χ4n) is 2.90. The number of hydrogen-bond acceptors (Lipinski definition) is 6. The van der Waals surface area contributed by atoms with E-state index in [2.05, 4.69) is 26.0 Å². The van der Waals surface area contributed by atoms with E-state index in [4.69, 9.17) is 4.52 Å². The van der Waals surface area contributed by atoms with E-state index in [1.807, 2.05) is 30.3 Å². The quantitative estimate of drug-likeness (QED) is 0.786. The lowest BCUT2D eigenvalue weighted by molar-refractivity contribution is -0.116. The van der Waals surface area contributed by atoms with Crippen molar-refractivity contribution in [1.82, 2.24) is 25.4 Å². The van der Waals surface area contributed by atoms with Crippen LogP contribution in [0.3, 0.4) is 0 Å². The molecule has 1 aromatic carbocycles. The largest absolute Gasteiger partial charge is 0.359 e. The first-order valence-electron chi connectivity index (χ1n) is 7.90. The van der Waals surface area contributed by atoms with Crippen molar-refractivity contribution in [1.29, 1.82) is 0 Å². The van der Waals surface area contributed by atoms with Gasteiger partial charge in [0.2, 0.25) is 5.91 Å². The molecule has 0 spiro atoms. The molecule has 2 aromatic heterocycles. The number of benzene rings is 1. The normalized spacial score (nSPS) is 13.5. The number of rotatable bonds is 4. The number of nitrogens with one attached hydrogen (secondary N) is 1. The molecule has 122 valence electrons. The van der Waals surface area contributed by atoms with Crippen LogP contribution in [0.5, 0.6) is 0 Å². The molecule has 8 heteroatoms. The molecule has 0 saturated heterocycles. The minimum absolute atomic E-state index is 0.0128. The fraction of sp³-hybridized carbons (Fsp3) is 0.312. The van der Waals surface area contributed by atoms with Crippen molar-refractivity contribution in [2.75, 3.05) is 5.32 Å². The lowest BCUT2D eigenvalue weighted by Crippen LogP contribution is -2.21. The minimum Gasteiger partial charge on any atom is -0.359 e. The summed E-state index contributed by atoms with van der Waals surface area (Å²) in [5, 5.41) is 18.3. The summed E-state index contributed by atoms with van der Waals surface area (Å²) < 4.78 is 6.77. The number of carbonyl (C=O) groups excluding carboxylic acids is 1. The monoisotopic (exact) mass is 324 g/mol. The van der Waals surface area contributed by atoms with Crippen LogP contribution in [0.25, 0.3) is 11.4 Å². The highest BCUT2D eigenvalue weighted by Gasteiger charge is 2.21. The van der Waals surface area contributed by atoms with Crippen molar-refractivity contribution < 1.29 is 9.32 Å². The molecular formula is C16H16N6O2. The molecular weight excluding hydrogens is 308 g/mol. The predicted molar refractivity (Wildman–Crippen MR) is 85.0 cm³/mol. The Labute approximate surface area is 137 Å². The van der Waals surface area contributed by atoms with Gasteiger partial charge in [-0.25, -0.2) is 4.68 Å². The molecule has 0 unspecified atom stereocenters. The van der Waals surface area contributed by atoms with Crippen LogP contribution in [-0.2, 0) is 24.2 Å². The molecule has 1 aliphatic carbocycles. The first-order valence-corrected chi connectivity index (χ1v) is 7.90. The molecule has 0 bridgehead atoms. The lowest BCUT2D eigenvalue weighted by Gasteiger charge is -2.10. The fourth-order valence-corrected chi connectivity index (χ4v) is 2.90. The second-order valence-corrected chi connectivity index (χ2v) is 5.71. The van der Waals surface area contributed by atoms with Crippen LogP contribution >= 0.6 is 0 Å². The van der Waals surface area contributed by atoms with E-state index >= 15 is 0 Å². The Kier molecular flexibility index (Phi) is 3.78. The van der Waals surface area contributed by atoms with Crippen molar-refractivity contribution in [2.45, 2.75) is 32.2 Å². The third-order valence-electron chi connectivity index (χ3n) is 4.07. The highest BCUT2D eigenvalue weighted by atomic mass is 16.5. The van der Waals surface area contributed by atoms with E-state index in [0.29, 0.717) is 11.6 Å². The lowest BCUT2D eigenvalue weighted by atomic mass is 9.98. The van der Waals surface area contributed by atoms with Crippen molar-refractivity contribution in [3.05, 3.63) is 41.7 Å². The number of nitrogens with zero attached hydrogens (tertiary/aromatic N) is 5. The first kappa shape index (κ1) is 14.6. The summed E-state index contributed by atoms with van der Waals surface area (Å²) in [6, 6.07) is 9.51. The molecule has 0 fully saturated rings. The van der Waals surface area contributed by atoms with Crippen LogP contribution in [0.1, 0.15) is 24.2 Å². The SMILES string of the molecule is O=C(Cn1nnnc1-c1ccccc1)Nc1noc2c1CCCC2. The van der Waals surface area contributed by atoms with Gasteiger partial charge in [0.15, 0.2) is 11.6 Å². The van der Waals surface area contributed by atoms with Gasteiger partial charge in [0.1, 0.15) is 12.3 Å². The summed E-state index contributed by atoms with van der Waals surface area (Å²) >= 11 is 0. The summed E-state index contributed by atoms with van der Waals surface area (Å²) in [6.07, 6.45) is 3.95. The topological polar surface area (TPSA) is 98.7 Å². The first-order chi connectivity index (χ1) is 11.8. The Bertz CT molecular complexity index is 855. The molecule has 0 saturated carbocycles. The minimum atomic E-state index is -0.235. The summed E-state index contributed by atoms with van der Waals surface area (Å²) in [4.78, 5) is 12.3. The van der Waals surface area contributed by atoms with Crippen LogP contribution in [0, 0.1) is 0 Å². The Morgan fingerprint density at radius 1 is 1.21 bits per heavy atom. The van der Waals surface area contributed by atoms with Gasteiger partial charge in [-0.2, -0.15) is 0 Å². The number of aryl methyl sites for hydroxylation is 1. The number of hydrogen-bond donors (Lipinski definition) is 1. The smallest absolute Gasteiger partial charge is 0.247 e. The average Bonchev–Trinajstić information content (AvgIpc) is 3.23. The van der Waals surface area contributed by atoms with E-state index in [0.717, 1.165) is 42.6 Å². The molecule has 8 nitrogen and oxygen atoms in total. The maximum atomic E-state index is 12.3. The highest BCUT2D eigenvalue weighted by molar-refractivity contribution is 5.90. The molecule has 0 radical (unpaired) electrons. The number of amides is 1. The van der Waals surface area contributed by atoms with Gasteiger partial charge >= 0.3 is 0 Å². The third-order valence-corrected chi connectivity index (χ3v) is 4.07. The van der Waals surface area contributed by atoms with Gasteiger partial charge in [0.05, 0.1) is 0 Å². The number of carbonyl (C=O) groups is 1. The van der Waals surface area contributed by atoms with Gasteiger partial charge in [-0.05, 0) is 29.7 Å². The number of aromatic nitrogens is 5. The molecule has 1 amide bonds. The van der Waals surface area contributed by atoms with Gasteiger partial charge < -0.3 is 9.84 Å². The van der Waals surface area contributed by atoms with Crippen molar-refractivity contribution in [2.24, 2.45) is 0 Å². The predicted octanol–water partition coefficient (Wildman–Crippen LogP) is 1.85. The van der Waals surface area contributed by atoms with Crippen LogP contribution in [0.15, 0.2) is 34.9 Å². The van der Waals surface area contributed by atoms with Crippen LogP contribution in [0.4, 0.5) is 5.82 Å². The summed E-state index contributed by atoms with van der Waals surface area (Å²) in [5.74, 6) is 1.71. The molecule has 1 aliphatic rings. The van der Waals surface area contributed by atoms with E-state index in [-0.39, 0.29) is 12.5 Å². The van der Waals surface area contributed by atoms with E-state index in [9.17, 15) is 4.79 Å². The van der Waals surface area contributed by atoms with Crippen LogP contribution in [-0.4, -0.2) is 31.3 Å². The zero-order valence-electron chi connectivity index (χ0n) is 13.0. The second kappa shape index (κ2) is 6.23. The van der Waals surface area contributed by atoms with Gasteiger partial charge in [0.25, 0.3) is 0 Å². The Morgan fingerprint density at radius 2 is 2.04 bits per heavy atom. The third kappa shape index (κ3) is 2.78. The van der Waals surface area contributed by atoms with E-state index in [1.54, 1.807) is 0 Å². The molecule has 4 rings (SSSR count). The molecule has 3 aromatic rings. The van der Waals surface area contributed by atoms with Crippen molar-refractivity contribution in [3.8, 4) is 11.4 Å². The number of fused-ring (bicyclic) bond motifs is 1. The maximum Gasteiger partial charge on any atom is 0.247 e. The Hall–Kier alpha value is -3.03. The zero-order chi connectivity index (χ0) is 16.4. The molecule has 0 atom stereocenters. The standard InChI is InChI=1S/C16H16N6O2/c23-14(17-15-12-8-4-5-9-13(12)24-19-15)10-22-16(18-20-21-22)11-6-2-1-3-7-11/h1-3,6-7H,4-5,8-10H2,(H,17,19,23). The van der Waals surface area contributed by atoms with Gasteiger partial charge in [-0.15, -0.1) is 5.10 Å². The Morgan fingerprint density at radius 3 is 2.92 bits per heavy atom. The summed E-state index contributed by atoms with van der Waals surface area (Å²) in [7, 11) is 0. The summed E-state index contributed by atoms with van der Waals surface area (Å²) in [6.45, 7) is 0.0128. The van der Waals surface area contributed by atoms with Crippen LogP contribution in [0.2, 0.25) is 0 Å². The van der Waals surface area contributed by atoms with Crippen molar-refractivity contribution >= 4 is 11.7 Å². The van der Waals surface area contributed by atoms with Gasteiger partial charge in [-0.1, -0.05) is 35.5 Å². The second-order valence-electron chi connectivity index (χ2n) is 5.71. The molecule has 1 N–H and O–H groups in total. The number of anilines is 1. The Balaban J connectivity index is 1.50. The maximum absolute atomic E-state index is 12.3. The molecule has 2 heterocycles.